The van der Waals surface area contributed by atoms with Gasteiger partial charge in [0, 0.05) is 31.0 Å². The number of alkyl halides is 2. The van der Waals surface area contributed by atoms with Crippen LogP contribution in [0.2, 0.25) is 0 Å². The largest absolute Gasteiger partial charge is 0.434 e. The molecule has 0 aliphatic heterocycles. The lowest BCUT2D eigenvalue weighted by Gasteiger charge is -2.13. The van der Waals surface area contributed by atoms with Gasteiger partial charge in [-0.2, -0.15) is 8.78 Å². The maximum absolute atomic E-state index is 12.3. The number of urea groups is 1. The number of amides is 2. The molecule has 0 unspecified atom stereocenters. The zero-order chi connectivity index (χ0) is 16.7. The van der Waals surface area contributed by atoms with Gasteiger partial charge in [0.25, 0.3) is 0 Å². The van der Waals surface area contributed by atoms with E-state index in [2.05, 4.69) is 15.4 Å². The molecule has 0 spiro atoms. The summed E-state index contributed by atoms with van der Waals surface area (Å²) in [6.07, 6.45) is 3.25. The first-order chi connectivity index (χ1) is 11.1. The minimum Gasteiger partial charge on any atom is -0.434 e. The smallest absolute Gasteiger partial charge is 0.387 e. The third-order valence-electron chi connectivity index (χ3n) is 3.55. The molecular weight excluding hydrogens is 306 g/mol. The van der Waals surface area contributed by atoms with Gasteiger partial charge in [-0.25, -0.2) is 4.79 Å². The highest BCUT2D eigenvalue weighted by Crippen LogP contribution is 2.28. The number of rotatable bonds is 9. The molecule has 1 aromatic carbocycles. The zero-order valence-corrected chi connectivity index (χ0v) is 13.1. The first-order valence-electron chi connectivity index (χ1n) is 7.73. The lowest BCUT2D eigenvalue weighted by molar-refractivity contribution is -0.0502. The van der Waals surface area contributed by atoms with Gasteiger partial charge in [0.05, 0.1) is 0 Å². The molecule has 1 aliphatic rings. The third kappa shape index (κ3) is 6.40. The van der Waals surface area contributed by atoms with Crippen LogP contribution in [0.25, 0.3) is 0 Å². The summed E-state index contributed by atoms with van der Waals surface area (Å²) in [7, 11) is 0. The molecule has 1 aromatic rings. The minimum absolute atomic E-state index is 0.0475. The van der Waals surface area contributed by atoms with Gasteiger partial charge in [0.1, 0.15) is 5.75 Å². The molecule has 0 aromatic heterocycles. The second-order valence-corrected chi connectivity index (χ2v) is 5.56. The highest BCUT2D eigenvalue weighted by atomic mass is 19.3. The molecule has 2 amide bonds. The summed E-state index contributed by atoms with van der Waals surface area (Å²) in [5.41, 5.74) is 0.890. The Morgan fingerprint density at radius 2 is 2.17 bits per heavy atom. The van der Waals surface area contributed by atoms with Gasteiger partial charge in [-0.15, -0.1) is 0 Å². The quantitative estimate of drug-likeness (QED) is 0.682. The molecule has 1 aliphatic carbocycles. The normalized spacial score (nSPS) is 13.9. The molecule has 1 fully saturated rings. The Bertz CT molecular complexity index is 522. The van der Waals surface area contributed by atoms with Crippen molar-refractivity contribution >= 4 is 11.7 Å². The van der Waals surface area contributed by atoms with Gasteiger partial charge >= 0.3 is 12.6 Å². The highest BCUT2D eigenvalue weighted by Gasteiger charge is 2.20. The van der Waals surface area contributed by atoms with Crippen molar-refractivity contribution in [3.8, 4) is 5.75 Å². The van der Waals surface area contributed by atoms with Crippen LogP contribution < -0.4 is 15.4 Å². The van der Waals surface area contributed by atoms with Gasteiger partial charge in [-0.05, 0) is 44.2 Å². The molecule has 0 radical (unpaired) electrons. The maximum Gasteiger partial charge on any atom is 0.387 e. The first kappa shape index (κ1) is 17.5. The molecule has 2 N–H and O–H groups in total. The number of hydrogen-bond acceptors (Lipinski definition) is 3. The molecule has 1 saturated carbocycles. The van der Waals surface area contributed by atoms with E-state index in [4.69, 9.17) is 4.74 Å². The number of carbonyl (C=O) groups excluding carboxylic acids is 1. The van der Waals surface area contributed by atoms with Crippen molar-refractivity contribution in [2.45, 2.75) is 32.8 Å². The number of ether oxygens (including phenoxy) is 2. The summed E-state index contributed by atoms with van der Waals surface area (Å²) in [4.78, 5) is 11.8. The topological polar surface area (TPSA) is 59.6 Å². The molecule has 2 rings (SSSR count). The third-order valence-corrected chi connectivity index (χ3v) is 3.55. The molecule has 7 heteroatoms. The van der Waals surface area contributed by atoms with Crippen molar-refractivity contribution in [2.75, 3.05) is 25.1 Å². The number of halogens is 2. The Balaban J connectivity index is 1.69. The highest BCUT2D eigenvalue weighted by molar-refractivity contribution is 5.90. The maximum atomic E-state index is 12.3. The van der Waals surface area contributed by atoms with E-state index < -0.39 is 6.61 Å². The standard InChI is InChI=1S/C16H22F2N2O3/c1-11-13(4-2-5-14(11)23-15(17)18)20-16(21)19-8-3-9-22-10-12-6-7-12/h2,4-5,12,15H,3,6-10H2,1H3,(H2,19,20,21). The SMILES string of the molecule is Cc1c(NC(=O)NCCCOCC2CC2)cccc1OC(F)F. The fraction of sp³-hybridized carbons (Fsp3) is 0.562. The summed E-state index contributed by atoms with van der Waals surface area (Å²) in [5.74, 6) is 0.781. The number of nitrogens with one attached hydrogen (secondary N) is 2. The van der Waals surface area contributed by atoms with Crippen LogP contribution in [0.15, 0.2) is 18.2 Å². The average molecular weight is 328 g/mol. The fourth-order valence-electron chi connectivity index (χ4n) is 2.05. The zero-order valence-electron chi connectivity index (χ0n) is 13.1. The van der Waals surface area contributed by atoms with E-state index >= 15 is 0 Å². The Hall–Kier alpha value is -1.89. The second kappa shape index (κ2) is 8.67. The predicted molar refractivity (Wildman–Crippen MR) is 83.0 cm³/mol. The van der Waals surface area contributed by atoms with E-state index in [0.29, 0.717) is 24.4 Å². The summed E-state index contributed by atoms with van der Waals surface area (Å²) in [6, 6.07) is 4.23. The molecule has 5 nitrogen and oxygen atoms in total. The van der Waals surface area contributed by atoms with E-state index in [1.165, 1.54) is 18.9 Å². The Morgan fingerprint density at radius 1 is 1.39 bits per heavy atom. The van der Waals surface area contributed by atoms with Crippen LogP contribution in [0, 0.1) is 12.8 Å². The van der Waals surface area contributed by atoms with Gasteiger partial charge < -0.3 is 20.1 Å². The van der Waals surface area contributed by atoms with Crippen LogP contribution in [-0.4, -0.2) is 32.4 Å². The summed E-state index contributed by atoms with van der Waals surface area (Å²) >= 11 is 0. The monoisotopic (exact) mass is 328 g/mol. The van der Waals surface area contributed by atoms with Crippen molar-refractivity contribution in [3.63, 3.8) is 0 Å². The van der Waals surface area contributed by atoms with E-state index in [0.717, 1.165) is 18.9 Å². The summed E-state index contributed by atoms with van der Waals surface area (Å²) in [5, 5.41) is 5.33. The number of anilines is 1. The van der Waals surface area contributed by atoms with E-state index in [1.54, 1.807) is 19.1 Å². The first-order valence-corrected chi connectivity index (χ1v) is 7.73. The van der Waals surface area contributed by atoms with E-state index in [1.807, 2.05) is 0 Å². The van der Waals surface area contributed by atoms with Crippen LogP contribution in [0.4, 0.5) is 19.3 Å². The predicted octanol–water partition coefficient (Wildman–Crippen LogP) is 3.53. The molecule has 23 heavy (non-hydrogen) atoms. The molecule has 0 saturated heterocycles. The van der Waals surface area contributed by atoms with E-state index in [-0.39, 0.29) is 11.8 Å². The lowest BCUT2D eigenvalue weighted by Crippen LogP contribution is -2.30. The van der Waals surface area contributed by atoms with Crippen LogP contribution in [-0.2, 0) is 4.74 Å². The van der Waals surface area contributed by atoms with Crippen LogP contribution >= 0.6 is 0 Å². The Morgan fingerprint density at radius 3 is 2.87 bits per heavy atom. The van der Waals surface area contributed by atoms with Gasteiger partial charge in [-0.1, -0.05) is 6.07 Å². The van der Waals surface area contributed by atoms with Crippen molar-refractivity contribution < 1.29 is 23.0 Å². The van der Waals surface area contributed by atoms with Crippen LogP contribution in [0.5, 0.6) is 5.75 Å². The summed E-state index contributed by atoms with van der Waals surface area (Å²) < 4.78 is 34.4. The Labute approximate surface area is 134 Å². The lowest BCUT2D eigenvalue weighted by atomic mass is 10.2. The molecule has 0 bridgehead atoms. The second-order valence-electron chi connectivity index (χ2n) is 5.56. The average Bonchev–Trinajstić information content (AvgIpc) is 3.30. The van der Waals surface area contributed by atoms with Gasteiger partial charge in [0.2, 0.25) is 0 Å². The number of benzene rings is 1. The molecule has 0 atom stereocenters. The Kier molecular flexibility index (Phi) is 6.58. The number of hydrogen-bond donors (Lipinski definition) is 2. The minimum atomic E-state index is -2.89. The van der Waals surface area contributed by atoms with Crippen molar-refractivity contribution in [3.05, 3.63) is 23.8 Å². The van der Waals surface area contributed by atoms with Gasteiger partial charge in [0.15, 0.2) is 0 Å². The van der Waals surface area contributed by atoms with Crippen molar-refractivity contribution in [1.82, 2.24) is 5.32 Å². The molecular formula is C16H22F2N2O3. The van der Waals surface area contributed by atoms with Crippen molar-refractivity contribution in [1.29, 1.82) is 0 Å². The fourth-order valence-corrected chi connectivity index (χ4v) is 2.05. The number of carbonyl (C=O) groups is 1. The van der Waals surface area contributed by atoms with E-state index in [9.17, 15) is 13.6 Å². The van der Waals surface area contributed by atoms with Gasteiger partial charge in [-0.3, -0.25) is 0 Å². The summed E-state index contributed by atoms with van der Waals surface area (Å²) in [6.45, 7) is 0.630. The molecule has 128 valence electrons. The van der Waals surface area contributed by atoms with Crippen LogP contribution in [0.1, 0.15) is 24.8 Å². The van der Waals surface area contributed by atoms with Crippen molar-refractivity contribution in [2.24, 2.45) is 5.92 Å². The molecule has 0 heterocycles. The van der Waals surface area contributed by atoms with Crippen LogP contribution in [0.3, 0.4) is 0 Å².